The molecule has 34 heavy (non-hydrogen) atoms. The highest BCUT2D eigenvalue weighted by Gasteiger charge is 2.34. The van der Waals surface area contributed by atoms with E-state index in [1.54, 1.807) is 0 Å². The van der Waals surface area contributed by atoms with E-state index in [1.165, 1.54) is 43.5 Å². The molecule has 3 rings (SSSR count). The van der Waals surface area contributed by atoms with Crippen molar-refractivity contribution >= 4 is 15.9 Å². The van der Waals surface area contributed by atoms with Gasteiger partial charge in [0.15, 0.2) is 0 Å². The lowest BCUT2D eigenvalue weighted by molar-refractivity contribution is -0.141. The molecule has 182 valence electrons. The first-order valence-electron chi connectivity index (χ1n) is 10.6. The van der Waals surface area contributed by atoms with Crippen molar-refractivity contribution in [2.24, 2.45) is 0 Å². The molecule has 0 bridgehead atoms. The Balaban J connectivity index is 1.93. The summed E-state index contributed by atoms with van der Waals surface area (Å²) in [6.07, 6.45) is -1.52. The fraction of sp³-hybridized carbons (Fsp3) is 0.391. The number of methoxy groups -OCH3 is 1. The summed E-state index contributed by atoms with van der Waals surface area (Å²) in [5.41, 5.74) is 0.503. The van der Waals surface area contributed by atoms with Crippen LogP contribution < -0.4 is 9.46 Å². The normalized spacial score (nSPS) is 14.6. The van der Waals surface area contributed by atoms with Gasteiger partial charge in [0.05, 0.1) is 18.7 Å². The van der Waals surface area contributed by atoms with Crippen molar-refractivity contribution in [3.8, 4) is 11.8 Å². The zero-order chi connectivity index (χ0) is 24.9. The fourth-order valence-corrected chi connectivity index (χ4v) is 5.35. The molecular weight excluding hydrogens is 471 g/mol. The number of rotatable bonds is 8. The zero-order valence-electron chi connectivity index (χ0n) is 18.4. The average Bonchev–Trinajstić information content (AvgIpc) is 3.29. The number of nitrogens with zero attached hydrogens (tertiary/aromatic N) is 2. The van der Waals surface area contributed by atoms with Gasteiger partial charge < -0.3 is 9.64 Å². The lowest BCUT2D eigenvalue weighted by Gasteiger charge is -2.25. The molecule has 0 spiro atoms. The largest absolute Gasteiger partial charge is 0.495 e. The molecule has 11 heteroatoms. The minimum Gasteiger partial charge on any atom is -0.495 e. The van der Waals surface area contributed by atoms with E-state index in [0.29, 0.717) is 28.9 Å². The second-order valence-corrected chi connectivity index (χ2v) is 9.74. The van der Waals surface area contributed by atoms with Gasteiger partial charge in [-0.05, 0) is 48.7 Å². The van der Waals surface area contributed by atoms with Crippen LogP contribution in [0, 0.1) is 11.3 Å². The molecule has 1 aliphatic carbocycles. The number of sulfonamides is 1. The van der Waals surface area contributed by atoms with Crippen molar-refractivity contribution in [3.05, 3.63) is 59.2 Å². The summed E-state index contributed by atoms with van der Waals surface area (Å²) in [5.74, 6) is -1.00. The van der Waals surface area contributed by atoms with Gasteiger partial charge in [0.2, 0.25) is 10.0 Å². The third kappa shape index (κ3) is 6.48. The van der Waals surface area contributed by atoms with Crippen LogP contribution in [0.2, 0.25) is 0 Å². The molecule has 0 aromatic heterocycles. The maximum atomic E-state index is 13.3. The molecule has 1 N–H and O–H groups in total. The molecular formula is C23H24F3N3O4S. The predicted molar refractivity (Wildman–Crippen MR) is 118 cm³/mol. The van der Waals surface area contributed by atoms with Crippen molar-refractivity contribution in [1.29, 1.82) is 5.26 Å². The fourth-order valence-electron chi connectivity index (χ4n) is 3.85. The molecule has 1 fully saturated rings. The van der Waals surface area contributed by atoms with Gasteiger partial charge >= 0.3 is 6.18 Å². The molecule has 1 saturated carbocycles. The van der Waals surface area contributed by atoms with Crippen LogP contribution in [-0.2, 0) is 16.6 Å². The number of benzene rings is 2. The number of ether oxygens (including phenoxy) is 1. The Hall–Kier alpha value is -3.10. The molecule has 1 aliphatic rings. The van der Waals surface area contributed by atoms with Crippen LogP contribution in [0.5, 0.6) is 5.75 Å². The number of nitrogens with one attached hydrogen (secondary N) is 1. The maximum Gasteiger partial charge on any atom is 0.406 e. The standard InChI is InChI=1S/C23H24F3N3O4S/c1-33-20-11-10-18(12-21(20)34(31,32)28-19-4-2-3-5-19)22(30)29(15-23(24,25)26)14-17-8-6-16(13-27)7-9-17/h6-12,19,28H,2-5,14-15H2,1H3. The van der Waals surface area contributed by atoms with Crippen molar-refractivity contribution in [3.63, 3.8) is 0 Å². The molecule has 2 aromatic carbocycles. The summed E-state index contributed by atoms with van der Waals surface area (Å²) in [7, 11) is -2.80. The van der Waals surface area contributed by atoms with Gasteiger partial charge in [-0.1, -0.05) is 25.0 Å². The van der Waals surface area contributed by atoms with E-state index in [4.69, 9.17) is 10.00 Å². The highest BCUT2D eigenvalue weighted by molar-refractivity contribution is 7.89. The number of hydrogen-bond donors (Lipinski definition) is 1. The Morgan fingerprint density at radius 1 is 1.18 bits per heavy atom. The van der Waals surface area contributed by atoms with E-state index in [1.807, 2.05) is 6.07 Å². The predicted octanol–water partition coefficient (Wildman–Crippen LogP) is 3.99. The Kier molecular flexibility index (Phi) is 7.84. The van der Waals surface area contributed by atoms with E-state index in [9.17, 15) is 26.4 Å². The van der Waals surface area contributed by atoms with Crippen molar-refractivity contribution in [2.75, 3.05) is 13.7 Å². The average molecular weight is 496 g/mol. The minimum absolute atomic E-state index is 0.0171. The quantitative estimate of drug-likeness (QED) is 0.597. The summed E-state index contributed by atoms with van der Waals surface area (Å²) in [4.78, 5) is 13.4. The molecule has 0 aliphatic heterocycles. The van der Waals surface area contributed by atoms with Crippen LogP contribution in [0.15, 0.2) is 47.4 Å². The number of halogens is 3. The minimum atomic E-state index is -4.67. The van der Waals surface area contributed by atoms with E-state index in [0.717, 1.165) is 18.9 Å². The Morgan fingerprint density at radius 2 is 1.82 bits per heavy atom. The highest BCUT2D eigenvalue weighted by atomic mass is 32.2. The summed E-state index contributed by atoms with van der Waals surface area (Å²) >= 11 is 0. The second-order valence-electron chi connectivity index (χ2n) is 8.05. The van der Waals surface area contributed by atoms with Crippen molar-refractivity contribution in [2.45, 2.75) is 49.3 Å². The third-order valence-electron chi connectivity index (χ3n) is 5.49. The number of hydrogen-bond acceptors (Lipinski definition) is 5. The molecule has 2 aromatic rings. The van der Waals surface area contributed by atoms with E-state index in [2.05, 4.69) is 4.72 Å². The van der Waals surface area contributed by atoms with Gasteiger partial charge in [-0.2, -0.15) is 18.4 Å². The number of nitriles is 1. The summed E-state index contributed by atoms with van der Waals surface area (Å²) < 4.78 is 73.4. The second kappa shape index (κ2) is 10.4. The molecule has 0 unspecified atom stereocenters. The molecule has 7 nitrogen and oxygen atoms in total. The van der Waals surface area contributed by atoms with Crippen LogP contribution in [0.3, 0.4) is 0 Å². The maximum absolute atomic E-state index is 13.3. The van der Waals surface area contributed by atoms with Gasteiger partial charge in [-0.25, -0.2) is 13.1 Å². The zero-order valence-corrected chi connectivity index (χ0v) is 19.2. The van der Waals surface area contributed by atoms with Crippen LogP contribution in [0.1, 0.15) is 47.2 Å². The van der Waals surface area contributed by atoms with Crippen molar-refractivity contribution in [1.82, 2.24) is 9.62 Å². The Bertz CT molecular complexity index is 1170. The Morgan fingerprint density at radius 3 is 2.38 bits per heavy atom. The summed E-state index contributed by atoms with van der Waals surface area (Å²) in [5, 5.41) is 8.90. The van der Waals surface area contributed by atoms with E-state index < -0.39 is 28.7 Å². The topological polar surface area (TPSA) is 99.5 Å². The summed E-state index contributed by atoms with van der Waals surface area (Å²) in [6, 6.07) is 11.0. The SMILES string of the molecule is COc1ccc(C(=O)N(Cc2ccc(C#N)cc2)CC(F)(F)F)cc1S(=O)(=O)NC1CCCC1. The van der Waals surface area contributed by atoms with E-state index in [-0.39, 0.29) is 28.8 Å². The first-order valence-corrected chi connectivity index (χ1v) is 12.1. The number of amides is 1. The van der Waals surface area contributed by atoms with Crippen LogP contribution in [0.4, 0.5) is 13.2 Å². The smallest absolute Gasteiger partial charge is 0.406 e. The number of carbonyl (C=O) groups excluding carboxylic acids is 1. The van der Waals surface area contributed by atoms with E-state index >= 15 is 0 Å². The van der Waals surface area contributed by atoms with Crippen molar-refractivity contribution < 1.29 is 31.1 Å². The lowest BCUT2D eigenvalue weighted by Crippen LogP contribution is -2.38. The first kappa shape index (κ1) is 25.5. The van der Waals surface area contributed by atoms with Gasteiger partial charge in [0, 0.05) is 18.2 Å². The first-order chi connectivity index (χ1) is 16.0. The molecule has 0 saturated heterocycles. The molecule has 0 heterocycles. The third-order valence-corrected chi connectivity index (χ3v) is 7.03. The molecule has 0 radical (unpaired) electrons. The Labute approximate surface area is 196 Å². The lowest BCUT2D eigenvalue weighted by atomic mass is 10.1. The van der Waals surface area contributed by atoms with Gasteiger partial charge in [0.1, 0.15) is 17.2 Å². The van der Waals surface area contributed by atoms with Gasteiger partial charge in [0.25, 0.3) is 5.91 Å². The highest BCUT2D eigenvalue weighted by Crippen LogP contribution is 2.29. The van der Waals surface area contributed by atoms with Crippen LogP contribution in [0.25, 0.3) is 0 Å². The van der Waals surface area contributed by atoms with Crippen LogP contribution in [-0.4, -0.2) is 45.1 Å². The number of carbonyl (C=O) groups is 1. The number of alkyl halides is 3. The molecule has 1 amide bonds. The molecule has 0 atom stereocenters. The summed E-state index contributed by atoms with van der Waals surface area (Å²) in [6.45, 7) is -1.90. The van der Waals surface area contributed by atoms with Crippen LogP contribution >= 0.6 is 0 Å². The van der Waals surface area contributed by atoms with Gasteiger partial charge in [-0.3, -0.25) is 4.79 Å². The monoisotopic (exact) mass is 495 g/mol. The van der Waals surface area contributed by atoms with Gasteiger partial charge in [-0.15, -0.1) is 0 Å².